The van der Waals surface area contributed by atoms with Gasteiger partial charge in [0.15, 0.2) is 11.6 Å². The molecule has 0 bridgehead atoms. The third-order valence-corrected chi connectivity index (χ3v) is 2.49. The number of hydrogen-bond acceptors (Lipinski definition) is 3. The SMILES string of the molecule is Cc1nn(-c2cccc(C(F)(F)F)n2)c(C)c1O. The Balaban J connectivity index is 2.55. The van der Waals surface area contributed by atoms with Crippen LogP contribution in [-0.2, 0) is 6.18 Å². The molecule has 0 aliphatic heterocycles. The maximum Gasteiger partial charge on any atom is 0.433 e. The molecule has 2 rings (SSSR count). The van der Waals surface area contributed by atoms with Crippen LogP contribution in [0.3, 0.4) is 0 Å². The number of aromatic nitrogens is 3. The minimum Gasteiger partial charge on any atom is -0.504 e. The highest BCUT2D eigenvalue weighted by Gasteiger charge is 2.32. The van der Waals surface area contributed by atoms with E-state index in [1.54, 1.807) is 13.8 Å². The van der Waals surface area contributed by atoms with E-state index in [2.05, 4.69) is 10.1 Å². The maximum atomic E-state index is 12.5. The first-order valence-corrected chi connectivity index (χ1v) is 5.10. The maximum absolute atomic E-state index is 12.5. The predicted octanol–water partition coefficient (Wildman–Crippen LogP) is 2.61. The molecule has 0 aliphatic carbocycles. The molecule has 0 aromatic carbocycles. The van der Waals surface area contributed by atoms with Gasteiger partial charge < -0.3 is 5.11 Å². The van der Waals surface area contributed by atoms with Gasteiger partial charge in [0.1, 0.15) is 11.4 Å². The topological polar surface area (TPSA) is 50.9 Å². The zero-order valence-corrected chi connectivity index (χ0v) is 9.65. The minimum atomic E-state index is -4.51. The Morgan fingerprint density at radius 1 is 1.22 bits per heavy atom. The summed E-state index contributed by atoms with van der Waals surface area (Å²) in [6.45, 7) is 3.11. The Kier molecular flexibility index (Phi) is 2.76. The van der Waals surface area contributed by atoms with E-state index >= 15 is 0 Å². The Morgan fingerprint density at radius 2 is 1.89 bits per heavy atom. The van der Waals surface area contributed by atoms with Crippen molar-refractivity contribution in [2.45, 2.75) is 20.0 Å². The molecule has 2 heterocycles. The lowest BCUT2D eigenvalue weighted by atomic mass is 10.3. The van der Waals surface area contributed by atoms with Crippen molar-refractivity contribution in [2.75, 3.05) is 0 Å². The number of pyridine rings is 1. The van der Waals surface area contributed by atoms with Crippen LogP contribution in [0.1, 0.15) is 17.1 Å². The van der Waals surface area contributed by atoms with E-state index in [0.29, 0.717) is 11.4 Å². The molecular weight excluding hydrogens is 247 g/mol. The molecule has 2 aromatic rings. The van der Waals surface area contributed by atoms with Gasteiger partial charge in [0, 0.05) is 0 Å². The van der Waals surface area contributed by atoms with Gasteiger partial charge in [-0.05, 0) is 26.0 Å². The normalized spacial score (nSPS) is 11.8. The van der Waals surface area contributed by atoms with E-state index < -0.39 is 11.9 Å². The van der Waals surface area contributed by atoms with Gasteiger partial charge >= 0.3 is 6.18 Å². The zero-order chi connectivity index (χ0) is 13.5. The Morgan fingerprint density at radius 3 is 2.39 bits per heavy atom. The molecule has 96 valence electrons. The largest absolute Gasteiger partial charge is 0.504 e. The fourth-order valence-electron chi connectivity index (χ4n) is 1.56. The number of halogens is 3. The summed E-state index contributed by atoms with van der Waals surface area (Å²) in [5.41, 5.74) is -0.307. The van der Waals surface area contributed by atoms with Gasteiger partial charge in [-0.2, -0.15) is 18.3 Å². The van der Waals surface area contributed by atoms with Crippen molar-refractivity contribution in [1.29, 1.82) is 0 Å². The second kappa shape index (κ2) is 4.01. The Hall–Kier alpha value is -2.05. The molecule has 18 heavy (non-hydrogen) atoms. The summed E-state index contributed by atoms with van der Waals surface area (Å²) in [6.07, 6.45) is -4.51. The van der Waals surface area contributed by atoms with Crippen molar-refractivity contribution >= 4 is 0 Å². The van der Waals surface area contributed by atoms with E-state index in [9.17, 15) is 18.3 Å². The summed E-state index contributed by atoms with van der Waals surface area (Å²) in [4.78, 5) is 3.49. The molecule has 0 spiro atoms. The molecule has 0 unspecified atom stereocenters. The quantitative estimate of drug-likeness (QED) is 0.854. The average molecular weight is 257 g/mol. The van der Waals surface area contributed by atoms with Crippen molar-refractivity contribution in [3.8, 4) is 11.6 Å². The van der Waals surface area contributed by atoms with Crippen LogP contribution in [0, 0.1) is 13.8 Å². The Bertz CT molecular complexity index is 590. The lowest BCUT2D eigenvalue weighted by Gasteiger charge is -2.08. The first-order valence-electron chi connectivity index (χ1n) is 5.10. The van der Waals surface area contributed by atoms with Gasteiger partial charge in [-0.25, -0.2) is 9.67 Å². The van der Waals surface area contributed by atoms with Crippen LogP contribution in [0.2, 0.25) is 0 Å². The molecule has 0 atom stereocenters. The third kappa shape index (κ3) is 2.03. The second-order valence-electron chi connectivity index (χ2n) is 3.81. The van der Waals surface area contributed by atoms with E-state index in [0.717, 1.165) is 6.07 Å². The van der Waals surface area contributed by atoms with Gasteiger partial charge in [-0.3, -0.25) is 0 Å². The standard InChI is InChI=1S/C11H10F3N3O/c1-6-10(18)7(2)17(16-6)9-5-3-4-8(15-9)11(12,13)14/h3-5,18H,1-2H3. The van der Waals surface area contributed by atoms with Gasteiger partial charge in [-0.15, -0.1) is 0 Å². The van der Waals surface area contributed by atoms with E-state index in [-0.39, 0.29) is 11.6 Å². The van der Waals surface area contributed by atoms with Crippen molar-refractivity contribution in [1.82, 2.24) is 14.8 Å². The summed E-state index contributed by atoms with van der Waals surface area (Å²) in [6, 6.07) is 3.53. The van der Waals surface area contributed by atoms with E-state index in [1.807, 2.05) is 0 Å². The molecule has 0 saturated heterocycles. The summed E-state index contributed by atoms with van der Waals surface area (Å²) in [7, 11) is 0. The first kappa shape index (κ1) is 12.4. The van der Waals surface area contributed by atoms with Crippen molar-refractivity contribution in [2.24, 2.45) is 0 Å². The van der Waals surface area contributed by atoms with Crippen LogP contribution < -0.4 is 0 Å². The molecular formula is C11H10F3N3O. The molecule has 2 aromatic heterocycles. The molecule has 0 radical (unpaired) electrons. The van der Waals surface area contributed by atoms with Crippen molar-refractivity contribution in [3.63, 3.8) is 0 Å². The number of aromatic hydroxyl groups is 1. The smallest absolute Gasteiger partial charge is 0.433 e. The van der Waals surface area contributed by atoms with Gasteiger partial charge in [-0.1, -0.05) is 6.07 Å². The van der Waals surface area contributed by atoms with Crippen molar-refractivity contribution < 1.29 is 18.3 Å². The summed E-state index contributed by atoms with van der Waals surface area (Å²) in [5.74, 6) is -0.0278. The number of hydrogen-bond donors (Lipinski definition) is 1. The molecule has 0 aliphatic rings. The van der Waals surface area contributed by atoms with Crippen LogP contribution in [0.5, 0.6) is 5.75 Å². The van der Waals surface area contributed by atoms with Gasteiger partial charge in [0.25, 0.3) is 0 Å². The third-order valence-electron chi connectivity index (χ3n) is 2.49. The van der Waals surface area contributed by atoms with Crippen LogP contribution in [-0.4, -0.2) is 19.9 Å². The highest BCUT2D eigenvalue weighted by Crippen LogP contribution is 2.29. The average Bonchev–Trinajstić information content (AvgIpc) is 2.56. The zero-order valence-electron chi connectivity index (χ0n) is 9.65. The molecule has 4 nitrogen and oxygen atoms in total. The number of alkyl halides is 3. The first-order chi connectivity index (χ1) is 8.30. The number of rotatable bonds is 1. The van der Waals surface area contributed by atoms with Crippen molar-refractivity contribution in [3.05, 3.63) is 35.3 Å². The number of nitrogens with zero attached hydrogens (tertiary/aromatic N) is 3. The molecule has 0 amide bonds. The lowest BCUT2D eigenvalue weighted by molar-refractivity contribution is -0.141. The summed E-state index contributed by atoms with van der Waals surface area (Å²) in [5, 5.41) is 13.5. The Labute approximate surface area is 101 Å². The molecule has 0 saturated carbocycles. The molecule has 0 fully saturated rings. The van der Waals surface area contributed by atoms with Crippen LogP contribution in [0.15, 0.2) is 18.2 Å². The highest BCUT2D eigenvalue weighted by molar-refractivity contribution is 5.36. The summed E-state index contributed by atoms with van der Waals surface area (Å²) < 4.78 is 38.8. The summed E-state index contributed by atoms with van der Waals surface area (Å²) >= 11 is 0. The van der Waals surface area contributed by atoms with Gasteiger partial charge in [0.2, 0.25) is 0 Å². The highest BCUT2D eigenvalue weighted by atomic mass is 19.4. The van der Waals surface area contributed by atoms with Gasteiger partial charge in [0.05, 0.1) is 5.69 Å². The lowest BCUT2D eigenvalue weighted by Crippen LogP contribution is -2.11. The predicted molar refractivity (Wildman–Crippen MR) is 57.5 cm³/mol. The van der Waals surface area contributed by atoms with Crippen LogP contribution in [0.25, 0.3) is 5.82 Å². The minimum absolute atomic E-state index is 0.0192. The molecule has 7 heteroatoms. The second-order valence-corrected chi connectivity index (χ2v) is 3.81. The molecule has 1 N–H and O–H groups in total. The van der Waals surface area contributed by atoms with Crippen LogP contribution in [0.4, 0.5) is 13.2 Å². The van der Waals surface area contributed by atoms with Crippen LogP contribution >= 0.6 is 0 Å². The van der Waals surface area contributed by atoms with E-state index in [4.69, 9.17) is 0 Å². The van der Waals surface area contributed by atoms with E-state index in [1.165, 1.54) is 16.8 Å². The number of aryl methyl sites for hydroxylation is 1. The monoisotopic (exact) mass is 257 g/mol. The fourth-order valence-corrected chi connectivity index (χ4v) is 1.56. The fraction of sp³-hybridized carbons (Fsp3) is 0.273.